The number of aliphatic hydroxyl groups excluding tert-OH is 2. The number of rotatable bonds is 11. The van der Waals surface area contributed by atoms with Gasteiger partial charge in [-0.2, -0.15) is 4.39 Å². The molecule has 0 aromatic heterocycles. The second-order valence-electron chi connectivity index (χ2n) is 9.12. The molecule has 1 aromatic rings. The molecule has 2 aliphatic rings. The van der Waals surface area contributed by atoms with Crippen molar-refractivity contribution in [3.05, 3.63) is 42.0 Å². The van der Waals surface area contributed by atoms with Crippen molar-refractivity contribution < 1.29 is 43.1 Å². The lowest BCUT2D eigenvalue weighted by molar-refractivity contribution is -0.152. The third kappa shape index (κ3) is 6.97. The van der Waals surface area contributed by atoms with Gasteiger partial charge in [0.05, 0.1) is 25.4 Å². The maximum Gasteiger partial charge on any atom is 0.332 e. The van der Waals surface area contributed by atoms with Gasteiger partial charge in [0.2, 0.25) is 5.82 Å². The molecule has 1 saturated heterocycles. The predicted octanol–water partition coefficient (Wildman–Crippen LogP) is 3.32. The fourth-order valence-electron chi connectivity index (χ4n) is 4.72. The molecular weight excluding hydrogens is 450 g/mol. The molecule has 1 unspecified atom stereocenters. The van der Waals surface area contributed by atoms with E-state index in [1.54, 1.807) is 6.08 Å². The first-order chi connectivity index (χ1) is 16.3. The van der Waals surface area contributed by atoms with Crippen molar-refractivity contribution >= 4 is 5.97 Å². The standard InChI is InChI=1S/C25H34F2O7/c1-2-4-22(25(30)31)32-12-15-7-9-18-17(20(29)11-23(18)33-13-15)10-8-16(28)14-34-21-6-3-5-19(26)24(21)27/h3,5-6,8,10,15-18,20,22-23,28-29H,2,4,7,9,11-14H2,1H3,(H,30,31)/t15-,16+,17+,18+,20+,22?,23-/m0/s1. The van der Waals surface area contributed by atoms with Gasteiger partial charge < -0.3 is 29.5 Å². The molecule has 1 aliphatic carbocycles. The van der Waals surface area contributed by atoms with E-state index in [0.29, 0.717) is 26.1 Å². The second-order valence-corrected chi connectivity index (χ2v) is 9.12. The molecule has 34 heavy (non-hydrogen) atoms. The molecule has 0 radical (unpaired) electrons. The van der Waals surface area contributed by atoms with Gasteiger partial charge in [-0.25, -0.2) is 9.18 Å². The van der Waals surface area contributed by atoms with Crippen molar-refractivity contribution in [3.8, 4) is 5.75 Å². The van der Waals surface area contributed by atoms with Crippen molar-refractivity contribution in [2.45, 2.75) is 63.4 Å². The highest BCUT2D eigenvalue weighted by molar-refractivity contribution is 5.72. The van der Waals surface area contributed by atoms with Gasteiger partial charge in [0.25, 0.3) is 0 Å². The van der Waals surface area contributed by atoms with Crippen LogP contribution in [0.15, 0.2) is 30.4 Å². The van der Waals surface area contributed by atoms with Gasteiger partial charge in [-0.05, 0) is 37.3 Å². The monoisotopic (exact) mass is 484 g/mol. The van der Waals surface area contributed by atoms with Crippen LogP contribution in [-0.2, 0) is 14.3 Å². The fraction of sp³-hybridized carbons (Fsp3) is 0.640. The number of benzene rings is 1. The fourth-order valence-corrected chi connectivity index (χ4v) is 4.72. The van der Waals surface area contributed by atoms with Gasteiger partial charge in [0.1, 0.15) is 12.7 Å². The zero-order chi connectivity index (χ0) is 24.7. The van der Waals surface area contributed by atoms with Crippen molar-refractivity contribution in [2.24, 2.45) is 17.8 Å². The number of hydrogen-bond acceptors (Lipinski definition) is 6. The van der Waals surface area contributed by atoms with E-state index >= 15 is 0 Å². The van der Waals surface area contributed by atoms with Crippen molar-refractivity contribution in [3.63, 3.8) is 0 Å². The van der Waals surface area contributed by atoms with Crippen LogP contribution in [0.4, 0.5) is 8.78 Å². The Labute approximate surface area is 198 Å². The zero-order valence-electron chi connectivity index (χ0n) is 19.3. The summed E-state index contributed by atoms with van der Waals surface area (Å²) in [7, 11) is 0. The van der Waals surface area contributed by atoms with Crippen LogP contribution in [0.3, 0.4) is 0 Å². The summed E-state index contributed by atoms with van der Waals surface area (Å²) >= 11 is 0. The second kappa shape index (κ2) is 12.6. The quantitative estimate of drug-likeness (QED) is 0.414. The minimum atomic E-state index is -1.11. The van der Waals surface area contributed by atoms with Gasteiger partial charge in [-0.15, -0.1) is 0 Å². The Morgan fingerprint density at radius 1 is 1.32 bits per heavy atom. The summed E-state index contributed by atoms with van der Waals surface area (Å²) in [5, 5.41) is 30.0. The molecule has 0 bridgehead atoms. The Bertz CT molecular complexity index is 833. The Balaban J connectivity index is 1.51. The number of aliphatic carboxylic acids is 1. The van der Waals surface area contributed by atoms with Crippen LogP contribution in [0.25, 0.3) is 0 Å². The van der Waals surface area contributed by atoms with Crippen LogP contribution in [0.5, 0.6) is 5.75 Å². The van der Waals surface area contributed by atoms with Crippen LogP contribution >= 0.6 is 0 Å². The molecule has 2 fully saturated rings. The molecule has 3 N–H and O–H groups in total. The van der Waals surface area contributed by atoms with Crippen LogP contribution in [-0.4, -0.2) is 65.5 Å². The Morgan fingerprint density at radius 2 is 2.12 bits per heavy atom. The average molecular weight is 485 g/mol. The number of carboxylic acids is 1. The molecular formula is C25H34F2O7. The van der Waals surface area contributed by atoms with Crippen LogP contribution in [0.1, 0.15) is 39.0 Å². The van der Waals surface area contributed by atoms with E-state index in [-0.39, 0.29) is 36.2 Å². The van der Waals surface area contributed by atoms with Gasteiger partial charge >= 0.3 is 5.97 Å². The maximum atomic E-state index is 13.7. The number of ether oxygens (including phenoxy) is 3. The van der Waals surface area contributed by atoms with Crippen LogP contribution in [0.2, 0.25) is 0 Å². The van der Waals surface area contributed by atoms with E-state index in [2.05, 4.69) is 0 Å². The summed E-state index contributed by atoms with van der Waals surface area (Å²) in [4.78, 5) is 11.3. The zero-order valence-corrected chi connectivity index (χ0v) is 19.3. The van der Waals surface area contributed by atoms with Crippen molar-refractivity contribution in [2.75, 3.05) is 19.8 Å². The summed E-state index contributed by atoms with van der Waals surface area (Å²) < 4.78 is 43.8. The third-order valence-electron chi connectivity index (χ3n) is 6.58. The summed E-state index contributed by atoms with van der Waals surface area (Å²) in [6, 6.07) is 3.59. The van der Waals surface area contributed by atoms with E-state index in [4.69, 9.17) is 14.2 Å². The molecule has 0 spiro atoms. The highest BCUT2D eigenvalue weighted by Crippen LogP contribution is 2.41. The summed E-state index contributed by atoms with van der Waals surface area (Å²) in [5.74, 6) is -3.46. The summed E-state index contributed by atoms with van der Waals surface area (Å²) in [6.45, 7) is 2.41. The highest BCUT2D eigenvalue weighted by atomic mass is 19.2. The van der Waals surface area contributed by atoms with Crippen molar-refractivity contribution in [1.29, 1.82) is 0 Å². The first kappa shape index (κ1) is 26.5. The lowest BCUT2D eigenvalue weighted by atomic mass is 9.87. The molecule has 1 aliphatic heterocycles. The minimum Gasteiger partial charge on any atom is -0.487 e. The van der Waals surface area contributed by atoms with Crippen LogP contribution < -0.4 is 4.74 Å². The van der Waals surface area contributed by atoms with E-state index < -0.39 is 35.9 Å². The summed E-state index contributed by atoms with van der Waals surface area (Å²) in [5.41, 5.74) is 0. The molecule has 1 heterocycles. The maximum absolute atomic E-state index is 13.7. The predicted molar refractivity (Wildman–Crippen MR) is 119 cm³/mol. The Hall–Kier alpha value is -2.07. The van der Waals surface area contributed by atoms with Crippen LogP contribution in [0, 0.1) is 29.4 Å². The summed E-state index contributed by atoms with van der Waals surface area (Å²) in [6.07, 6.45) is 3.84. The molecule has 1 aromatic carbocycles. The number of aliphatic hydroxyl groups is 2. The normalized spacial score (nSPS) is 28.9. The largest absolute Gasteiger partial charge is 0.487 e. The third-order valence-corrected chi connectivity index (χ3v) is 6.58. The number of carbonyl (C=O) groups is 1. The molecule has 1 saturated carbocycles. The molecule has 3 rings (SSSR count). The minimum absolute atomic E-state index is 0.0518. The molecule has 0 amide bonds. The number of carboxylic acid groups (broad SMARTS) is 1. The lowest BCUT2D eigenvalue weighted by Gasteiger charge is -2.21. The molecule has 9 heteroatoms. The molecule has 7 nitrogen and oxygen atoms in total. The highest BCUT2D eigenvalue weighted by Gasteiger charge is 2.43. The van der Waals surface area contributed by atoms with Gasteiger partial charge in [0, 0.05) is 18.3 Å². The Morgan fingerprint density at radius 3 is 2.85 bits per heavy atom. The lowest BCUT2D eigenvalue weighted by Crippen LogP contribution is -2.27. The van der Waals surface area contributed by atoms with E-state index in [9.17, 15) is 28.9 Å². The smallest absolute Gasteiger partial charge is 0.332 e. The number of fused-ring (bicyclic) bond motifs is 1. The average Bonchev–Trinajstić information content (AvgIpc) is 2.96. The first-order valence-corrected chi connectivity index (χ1v) is 11.9. The van der Waals surface area contributed by atoms with Crippen molar-refractivity contribution in [1.82, 2.24) is 0 Å². The van der Waals surface area contributed by atoms with Gasteiger partial charge in [-0.1, -0.05) is 31.6 Å². The van der Waals surface area contributed by atoms with E-state index in [1.165, 1.54) is 18.2 Å². The topological polar surface area (TPSA) is 105 Å². The molecule has 7 atom stereocenters. The van der Waals surface area contributed by atoms with E-state index in [0.717, 1.165) is 25.3 Å². The SMILES string of the molecule is CCCC(OC[C@@H]1CC[C@@H]2[C@@H](C=C[C@@H](O)COc3cccc(F)c3F)[C@H](O)C[C@@H]2OC1)C(=O)O. The van der Waals surface area contributed by atoms with Gasteiger partial charge in [-0.3, -0.25) is 0 Å². The number of hydrogen-bond donors (Lipinski definition) is 3. The van der Waals surface area contributed by atoms with Gasteiger partial charge in [0.15, 0.2) is 17.7 Å². The van der Waals surface area contributed by atoms with E-state index in [1.807, 2.05) is 6.92 Å². The Kier molecular flexibility index (Phi) is 9.82. The molecule has 190 valence electrons. The number of halogens is 2. The first-order valence-electron chi connectivity index (χ1n) is 11.9.